The molecule has 0 aliphatic heterocycles. The highest BCUT2D eigenvalue weighted by molar-refractivity contribution is 5.99. The Morgan fingerprint density at radius 3 is 1.76 bits per heavy atom. The van der Waals surface area contributed by atoms with Crippen LogP contribution in [0.1, 0.15) is 107 Å². The van der Waals surface area contributed by atoms with E-state index in [4.69, 9.17) is 0 Å². The van der Waals surface area contributed by atoms with Crippen LogP contribution < -0.4 is 0 Å². The molecule has 0 unspecified atom stereocenters. The molecule has 3 rings (SSSR count). The molecule has 0 aliphatic rings. The van der Waals surface area contributed by atoms with Crippen molar-refractivity contribution in [1.29, 1.82) is 0 Å². The van der Waals surface area contributed by atoms with Crippen LogP contribution in [-0.2, 0) is 0 Å². The fourth-order valence-corrected chi connectivity index (χ4v) is 4.76. The molecule has 0 bridgehead atoms. The lowest BCUT2D eigenvalue weighted by Crippen LogP contribution is -1.98. The van der Waals surface area contributed by atoms with Crippen molar-refractivity contribution >= 4 is 16.6 Å². The first-order chi connectivity index (χ1) is 16.3. The van der Waals surface area contributed by atoms with E-state index in [0.717, 1.165) is 12.0 Å². The fourth-order valence-electron chi connectivity index (χ4n) is 4.76. The van der Waals surface area contributed by atoms with Crippen LogP contribution in [0.2, 0.25) is 0 Å². The predicted molar refractivity (Wildman–Crippen MR) is 144 cm³/mol. The van der Waals surface area contributed by atoms with Crippen LogP contribution in [0, 0.1) is 0 Å². The van der Waals surface area contributed by atoms with E-state index in [9.17, 15) is 4.79 Å². The molecule has 3 aromatic rings. The third-order valence-electron chi connectivity index (χ3n) is 6.81. The first kappa shape index (κ1) is 25.2. The lowest BCUT2D eigenvalue weighted by molar-refractivity contribution is 0.0979. The first-order valence-electron chi connectivity index (χ1n) is 13.4. The van der Waals surface area contributed by atoms with Crippen LogP contribution in [0.3, 0.4) is 0 Å². The number of fused-ring (bicyclic) bond motifs is 1. The molecular formula is C32H42O. The molecule has 176 valence electrons. The smallest absolute Gasteiger partial charge is 0.162 e. The highest BCUT2D eigenvalue weighted by Gasteiger charge is 2.08. The summed E-state index contributed by atoms with van der Waals surface area (Å²) in [4.78, 5) is 12.6. The summed E-state index contributed by atoms with van der Waals surface area (Å²) in [5.41, 5.74) is 3.24. The van der Waals surface area contributed by atoms with Gasteiger partial charge >= 0.3 is 0 Å². The van der Waals surface area contributed by atoms with E-state index in [0.29, 0.717) is 6.42 Å². The average molecular weight is 443 g/mol. The largest absolute Gasteiger partial charge is 0.294 e. The van der Waals surface area contributed by atoms with Crippen LogP contribution >= 0.6 is 0 Å². The highest BCUT2D eigenvalue weighted by Crippen LogP contribution is 2.29. The molecule has 0 spiro atoms. The minimum atomic E-state index is 0.280. The van der Waals surface area contributed by atoms with Crippen molar-refractivity contribution < 1.29 is 4.79 Å². The molecule has 0 radical (unpaired) electrons. The Labute approximate surface area is 201 Å². The summed E-state index contributed by atoms with van der Waals surface area (Å²) in [5, 5.41) is 2.50. The van der Waals surface area contributed by atoms with Crippen molar-refractivity contribution in [3.63, 3.8) is 0 Å². The van der Waals surface area contributed by atoms with Gasteiger partial charge in [0.25, 0.3) is 0 Å². The minimum absolute atomic E-state index is 0.280. The summed E-state index contributed by atoms with van der Waals surface area (Å²) < 4.78 is 0. The molecule has 0 saturated heterocycles. The predicted octanol–water partition coefficient (Wildman–Crippen LogP) is 10.2. The summed E-state index contributed by atoms with van der Waals surface area (Å²) in [6.07, 6.45) is 18.0. The SMILES string of the molecule is CCCCCCCCCCCCCCCC(=O)c1ccc(-c2cccc3ccccc23)cc1. The number of unbranched alkanes of at least 4 members (excludes halogenated alkanes) is 12. The maximum Gasteiger partial charge on any atom is 0.162 e. The van der Waals surface area contributed by atoms with Crippen LogP contribution in [0.25, 0.3) is 21.9 Å². The molecule has 3 aromatic carbocycles. The molecule has 0 amide bonds. The number of rotatable bonds is 16. The molecule has 0 fully saturated rings. The normalized spacial score (nSPS) is 11.2. The third-order valence-corrected chi connectivity index (χ3v) is 6.81. The number of Topliss-reactive ketones (excluding diaryl/α,β-unsaturated/α-hetero) is 1. The summed E-state index contributed by atoms with van der Waals surface area (Å²) in [7, 11) is 0. The zero-order chi connectivity index (χ0) is 23.1. The highest BCUT2D eigenvalue weighted by atomic mass is 16.1. The van der Waals surface area contributed by atoms with E-state index >= 15 is 0 Å². The van der Waals surface area contributed by atoms with Crippen LogP contribution in [0.15, 0.2) is 66.7 Å². The Morgan fingerprint density at radius 2 is 1.12 bits per heavy atom. The molecular weight excluding hydrogens is 400 g/mol. The fraction of sp³-hybridized carbons (Fsp3) is 0.469. The Morgan fingerprint density at radius 1 is 0.576 bits per heavy atom. The van der Waals surface area contributed by atoms with E-state index in [1.807, 2.05) is 12.1 Å². The van der Waals surface area contributed by atoms with Gasteiger partial charge in [0.05, 0.1) is 0 Å². The van der Waals surface area contributed by atoms with Gasteiger partial charge in [-0.2, -0.15) is 0 Å². The van der Waals surface area contributed by atoms with Gasteiger partial charge in [-0.15, -0.1) is 0 Å². The molecule has 0 aromatic heterocycles. The molecule has 1 nitrogen and oxygen atoms in total. The number of carbonyl (C=O) groups is 1. The second kappa shape index (κ2) is 14.7. The lowest BCUT2D eigenvalue weighted by Gasteiger charge is -2.08. The van der Waals surface area contributed by atoms with Gasteiger partial charge in [-0.25, -0.2) is 0 Å². The number of benzene rings is 3. The molecule has 0 N–H and O–H groups in total. The van der Waals surface area contributed by atoms with E-state index < -0.39 is 0 Å². The average Bonchev–Trinajstić information content (AvgIpc) is 2.86. The van der Waals surface area contributed by atoms with Crippen molar-refractivity contribution in [2.75, 3.05) is 0 Å². The number of ketones is 1. The molecule has 0 saturated carbocycles. The Hall–Kier alpha value is -2.41. The van der Waals surface area contributed by atoms with Gasteiger partial charge in [-0.05, 0) is 28.3 Å². The zero-order valence-corrected chi connectivity index (χ0v) is 20.7. The lowest BCUT2D eigenvalue weighted by atomic mass is 9.96. The summed E-state index contributed by atoms with van der Waals surface area (Å²) in [6.45, 7) is 2.28. The van der Waals surface area contributed by atoms with Gasteiger partial charge in [0.15, 0.2) is 5.78 Å². The van der Waals surface area contributed by atoms with Gasteiger partial charge in [0, 0.05) is 12.0 Å². The number of carbonyl (C=O) groups excluding carboxylic acids is 1. The first-order valence-corrected chi connectivity index (χ1v) is 13.4. The third kappa shape index (κ3) is 8.46. The standard InChI is InChI=1S/C32H42O/c1-2-3-4-5-6-7-8-9-10-11-12-13-14-22-32(33)29-25-23-28(24-26-29)31-21-17-19-27-18-15-16-20-30(27)31/h15-21,23-26H,2-14,22H2,1H3. The Balaban J connectivity index is 1.31. The molecule has 0 atom stereocenters. The molecule has 33 heavy (non-hydrogen) atoms. The Kier molecular flexibility index (Phi) is 11.2. The van der Waals surface area contributed by atoms with E-state index in [-0.39, 0.29) is 5.78 Å². The van der Waals surface area contributed by atoms with E-state index in [1.165, 1.54) is 98.9 Å². The summed E-state index contributed by atoms with van der Waals surface area (Å²) in [5.74, 6) is 0.280. The maximum atomic E-state index is 12.6. The molecule has 0 aliphatic carbocycles. The van der Waals surface area contributed by atoms with Crippen molar-refractivity contribution in [3.05, 3.63) is 72.3 Å². The summed E-state index contributed by atoms with van der Waals surface area (Å²) in [6, 6.07) is 23.1. The molecule has 0 heterocycles. The van der Waals surface area contributed by atoms with Crippen molar-refractivity contribution in [3.8, 4) is 11.1 Å². The van der Waals surface area contributed by atoms with Gasteiger partial charge in [-0.1, -0.05) is 151 Å². The topological polar surface area (TPSA) is 17.1 Å². The van der Waals surface area contributed by atoms with Crippen molar-refractivity contribution in [1.82, 2.24) is 0 Å². The van der Waals surface area contributed by atoms with Gasteiger partial charge < -0.3 is 0 Å². The van der Waals surface area contributed by atoms with Crippen molar-refractivity contribution in [2.24, 2.45) is 0 Å². The van der Waals surface area contributed by atoms with Crippen molar-refractivity contribution in [2.45, 2.75) is 96.8 Å². The number of hydrogen-bond acceptors (Lipinski definition) is 1. The van der Waals surface area contributed by atoms with Crippen LogP contribution in [-0.4, -0.2) is 5.78 Å². The van der Waals surface area contributed by atoms with Gasteiger partial charge in [-0.3, -0.25) is 4.79 Å². The minimum Gasteiger partial charge on any atom is -0.294 e. The second-order valence-electron chi connectivity index (χ2n) is 9.52. The quantitative estimate of drug-likeness (QED) is 0.159. The monoisotopic (exact) mass is 442 g/mol. The number of hydrogen-bond donors (Lipinski definition) is 0. The second-order valence-corrected chi connectivity index (χ2v) is 9.52. The van der Waals surface area contributed by atoms with Crippen LogP contribution in [0.4, 0.5) is 0 Å². The zero-order valence-electron chi connectivity index (χ0n) is 20.7. The molecule has 1 heteroatoms. The van der Waals surface area contributed by atoms with Crippen LogP contribution in [0.5, 0.6) is 0 Å². The Bertz CT molecular complexity index is 948. The van der Waals surface area contributed by atoms with Gasteiger partial charge in [0.2, 0.25) is 0 Å². The summed E-state index contributed by atoms with van der Waals surface area (Å²) >= 11 is 0. The van der Waals surface area contributed by atoms with E-state index in [2.05, 4.69) is 61.5 Å². The maximum absolute atomic E-state index is 12.6. The van der Waals surface area contributed by atoms with Gasteiger partial charge in [0.1, 0.15) is 0 Å². The van der Waals surface area contributed by atoms with E-state index in [1.54, 1.807) is 0 Å².